The highest BCUT2D eigenvalue weighted by molar-refractivity contribution is 7.91. The first kappa shape index (κ1) is 11.0. The van der Waals surface area contributed by atoms with E-state index < -0.39 is 39.4 Å². The third-order valence-electron chi connectivity index (χ3n) is 2.29. The van der Waals surface area contributed by atoms with Crippen LogP contribution in [0.3, 0.4) is 0 Å². The van der Waals surface area contributed by atoms with E-state index in [2.05, 4.69) is 0 Å². The van der Waals surface area contributed by atoms with Gasteiger partial charge >= 0.3 is 11.9 Å². The first-order valence-corrected chi connectivity index (χ1v) is 5.81. The van der Waals surface area contributed by atoms with Crippen LogP contribution in [0.5, 0.6) is 0 Å². The predicted molar refractivity (Wildman–Crippen MR) is 45.5 cm³/mol. The van der Waals surface area contributed by atoms with Gasteiger partial charge in [0.15, 0.2) is 9.84 Å². The molecule has 0 aliphatic carbocycles. The maximum atomic E-state index is 11.1. The van der Waals surface area contributed by atoms with Gasteiger partial charge in [-0.05, 0) is 6.42 Å². The number of carbonyl (C=O) groups is 2. The van der Waals surface area contributed by atoms with E-state index in [9.17, 15) is 18.0 Å². The van der Waals surface area contributed by atoms with Crippen LogP contribution in [0.4, 0.5) is 0 Å². The van der Waals surface area contributed by atoms with E-state index in [4.69, 9.17) is 10.2 Å². The van der Waals surface area contributed by atoms with Gasteiger partial charge in [0, 0.05) is 0 Å². The van der Waals surface area contributed by atoms with Crippen molar-refractivity contribution in [2.24, 2.45) is 11.8 Å². The molecule has 1 saturated heterocycles. The summed E-state index contributed by atoms with van der Waals surface area (Å²) in [5, 5.41) is 17.3. The van der Waals surface area contributed by atoms with E-state index in [-0.39, 0.29) is 12.2 Å². The molecular weight excluding hydrogens is 212 g/mol. The van der Waals surface area contributed by atoms with E-state index in [1.165, 1.54) is 0 Å². The number of sulfone groups is 1. The van der Waals surface area contributed by atoms with Gasteiger partial charge in [-0.3, -0.25) is 9.59 Å². The van der Waals surface area contributed by atoms with Crippen molar-refractivity contribution in [1.29, 1.82) is 0 Å². The van der Waals surface area contributed by atoms with Gasteiger partial charge in [-0.25, -0.2) is 8.42 Å². The molecule has 2 N–H and O–H groups in total. The number of hydrogen-bond acceptors (Lipinski definition) is 4. The number of aliphatic carboxylic acids is 2. The minimum Gasteiger partial charge on any atom is -0.481 e. The molecule has 1 aliphatic rings. The predicted octanol–water partition coefficient (Wildman–Crippen LogP) is -0.793. The van der Waals surface area contributed by atoms with Gasteiger partial charge in [0.25, 0.3) is 0 Å². The molecule has 0 amide bonds. The standard InChI is InChI=1S/C7H10O6S/c8-6(9)4-1-2-14(12,13)3-5(4)7(10)11/h4-5H,1-3H2,(H,8,9)(H,10,11). The second-order valence-corrected chi connectivity index (χ2v) is 5.52. The maximum Gasteiger partial charge on any atom is 0.308 e. The number of hydrogen-bond donors (Lipinski definition) is 2. The molecule has 0 aromatic carbocycles. The molecule has 0 spiro atoms. The summed E-state index contributed by atoms with van der Waals surface area (Å²) in [5.74, 6) is -5.82. The van der Waals surface area contributed by atoms with Crippen LogP contribution >= 0.6 is 0 Å². The minimum atomic E-state index is -3.39. The number of rotatable bonds is 2. The largest absolute Gasteiger partial charge is 0.481 e. The Balaban J connectivity index is 2.92. The summed E-state index contributed by atoms with van der Waals surface area (Å²) in [4.78, 5) is 21.3. The Morgan fingerprint density at radius 2 is 1.57 bits per heavy atom. The van der Waals surface area contributed by atoms with E-state index in [0.29, 0.717) is 0 Å². The van der Waals surface area contributed by atoms with E-state index in [0.717, 1.165) is 0 Å². The molecule has 1 aliphatic heterocycles. The average Bonchev–Trinajstić information content (AvgIpc) is 2.01. The van der Waals surface area contributed by atoms with Crippen molar-refractivity contribution >= 4 is 21.8 Å². The van der Waals surface area contributed by atoms with E-state index in [1.54, 1.807) is 0 Å². The summed E-state index contributed by atoms with van der Waals surface area (Å²) < 4.78 is 22.2. The molecule has 0 bridgehead atoms. The van der Waals surface area contributed by atoms with Gasteiger partial charge in [0.05, 0.1) is 23.3 Å². The molecule has 0 radical (unpaired) electrons. The van der Waals surface area contributed by atoms with Crippen LogP contribution in [0, 0.1) is 11.8 Å². The van der Waals surface area contributed by atoms with Crippen molar-refractivity contribution in [1.82, 2.24) is 0 Å². The van der Waals surface area contributed by atoms with Crippen molar-refractivity contribution in [3.63, 3.8) is 0 Å². The summed E-state index contributed by atoms with van der Waals surface area (Å²) >= 11 is 0. The van der Waals surface area contributed by atoms with Crippen LogP contribution < -0.4 is 0 Å². The van der Waals surface area contributed by atoms with Crippen LogP contribution in [-0.4, -0.2) is 42.1 Å². The van der Waals surface area contributed by atoms with Gasteiger partial charge < -0.3 is 10.2 Å². The SMILES string of the molecule is O=C(O)C1CCS(=O)(=O)CC1C(=O)O. The van der Waals surface area contributed by atoms with Gasteiger partial charge in [-0.2, -0.15) is 0 Å². The number of carboxylic acids is 2. The summed E-state index contributed by atoms with van der Waals surface area (Å²) in [6, 6.07) is 0. The van der Waals surface area contributed by atoms with Gasteiger partial charge in [-0.15, -0.1) is 0 Å². The molecule has 2 unspecified atom stereocenters. The van der Waals surface area contributed by atoms with Gasteiger partial charge in [0.1, 0.15) is 0 Å². The third-order valence-corrected chi connectivity index (χ3v) is 4.02. The van der Waals surface area contributed by atoms with Crippen molar-refractivity contribution in [3.05, 3.63) is 0 Å². The molecule has 1 fully saturated rings. The lowest BCUT2D eigenvalue weighted by Crippen LogP contribution is -2.41. The normalized spacial score (nSPS) is 30.9. The van der Waals surface area contributed by atoms with Crippen molar-refractivity contribution in [2.75, 3.05) is 11.5 Å². The molecular formula is C7H10O6S. The topological polar surface area (TPSA) is 109 Å². The van der Waals surface area contributed by atoms with Crippen LogP contribution in [0.25, 0.3) is 0 Å². The van der Waals surface area contributed by atoms with Gasteiger partial charge in [0.2, 0.25) is 0 Å². The number of carboxylic acid groups (broad SMARTS) is 2. The fraction of sp³-hybridized carbons (Fsp3) is 0.714. The van der Waals surface area contributed by atoms with Crippen LogP contribution in [-0.2, 0) is 19.4 Å². The van der Waals surface area contributed by atoms with E-state index in [1.807, 2.05) is 0 Å². The first-order valence-electron chi connectivity index (χ1n) is 3.99. The molecule has 1 rings (SSSR count). The Kier molecular flexibility index (Phi) is 2.79. The summed E-state index contributed by atoms with van der Waals surface area (Å²) in [5.41, 5.74) is 0. The molecule has 80 valence electrons. The smallest absolute Gasteiger partial charge is 0.308 e. The molecule has 0 aromatic heterocycles. The van der Waals surface area contributed by atoms with Crippen molar-refractivity contribution in [2.45, 2.75) is 6.42 Å². The fourth-order valence-corrected chi connectivity index (χ4v) is 3.22. The first-order chi connectivity index (χ1) is 6.33. The molecule has 6 nitrogen and oxygen atoms in total. The molecule has 2 atom stereocenters. The van der Waals surface area contributed by atoms with Crippen molar-refractivity contribution < 1.29 is 28.2 Å². The Morgan fingerprint density at radius 1 is 1.07 bits per heavy atom. The molecule has 0 aromatic rings. The quantitative estimate of drug-likeness (QED) is 0.633. The summed E-state index contributed by atoms with van der Waals surface area (Å²) in [6.45, 7) is 0. The molecule has 7 heteroatoms. The lowest BCUT2D eigenvalue weighted by Gasteiger charge is -2.24. The summed E-state index contributed by atoms with van der Waals surface area (Å²) in [7, 11) is -3.39. The highest BCUT2D eigenvalue weighted by Gasteiger charge is 2.41. The zero-order valence-electron chi connectivity index (χ0n) is 7.21. The lowest BCUT2D eigenvalue weighted by molar-refractivity contribution is -0.153. The van der Waals surface area contributed by atoms with Crippen molar-refractivity contribution in [3.8, 4) is 0 Å². The minimum absolute atomic E-state index is 0.116. The highest BCUT2D eigenvalue weighted by atomic mass is 32.2. The lowest BCUT2D eigenvalue weighted by atomic mass is 9.91. The second-order valence-electron chi connectivity index (χ2n) is 3.29. The molecule has 0 saturated carbocycles. The Morgan fingerprint density at radius 3 is 2.00 bits per heavy atom. The fourth-order valence-electron chi connectivity index (χ4n) is 1.52. The van der Waals surface area contributed by atoms with Crippen LogP contribution in [0.1, 0.15) is 6.42 Å². The zero-order valence-corrected chi connectivity index (χ0v) is 8.03. The van der Waals surface area contributed by atoms with Gasteiger partial charge in [-0.1, -0.05) is 0 Å². The Labute approximate surface area is 80.5 Å². The Hall–Kier alpha value is -1.11. The van der Waals surface area contributed by atoms with E-state index >= 15 is 0 Å². The molecule has 14 heavy (non-hydrogen) atoms. The van der Waals surface area contributed by atoms with Crippen LogP contribution in [0.15, 0.2) is 0 Å². The zero-order chi connectivity index (χ0) is 10.9. The highest BCUT2D eigenvalue weighted by Crippen LogP contribution is 2.25. The second kappa shape index (κ2) is 3.56. The average molecular weight is 222 g/mol. The Bertz CT molecular complexity index is 356. The molecule has 1 heterocycles. The summed E-state index contributed by atoms with van der Waals surface area (Å²) in [6.07, 6.45) is -0.116. The van der Waals surface area contributed by atoms with Crippen LogP contribution in [0.2, 0.25) is 0 Å². The maximum absolute atomic E-state index is 11.1. The third kappa shape index (κ3) is 2.22. The monoisotopic (exact) mass is 222 g/mol.